The number of rotatable bonds is 7. The zero-order chi connectivity index (χ0) is 19.2. The molecule has 0 bridgehead atoms. The molecule has 1 aliphatic rings. The van der Waals surface area contributed by atoms with E-state index in [1.807, 2.05) is 24.3 Å². The number of ketones is 1. The van der Waals surface area contributed by atoms with Crippen molar-refractivity contribution in [3.05, 3.63) is 82.1 Å². The number of ether oxygens (including phenoxy) is 1. The first-order valence-corrected chi connectivity index (χ1v) is 9.89. The number of halogens is 2. The third kappa shape index (κ3) is 4.79. The lowest BCUT2D eigenvalue weighted by molar-refractivity contribution is 0.0561. The average molecular weight is 403 g/mol. The van der Waals surface area contributed by atoms with Crippen LogP contribution in [0.25, 0.3) is 0 Å². The highest BCUT2D eigenvalue weighted by Gasteiger charge is 2.29. The van der Waals surface area contributed by atoms with Crippen molar-refractivity contribution in [3.8, 4) is 0 Å². The zero-order valence-corrected chi connectivity index (χ0v) is 16.3. The van der Waals surface area contributed by atoms with E-state index >= 15 is 0 Å². The Balaban J connectivity index is 1.62. The number of benzene rings is 2. The van der Waals surface area contributed by atoms with Crippen LogP contribution in [0.2, 0.25) is 5.02 Å². The van der Waals surface area contributed by atoms with Gasteiger partial charge in [-0.2, -0.15) is 0 Å². The number of unbranched alkanes of at least 4 members (excludes halogenated alkanes) is 1. The van der Waals surface area contributed by atoms with Gasteiger partial charge in [0.1, 0.15) is 0 Å². The molecule has 0 aliphatic carbocycles. The van der Waals surface area contributed by atoms with Crippen LogP contribution in [0.1, 0.15) is 57.9 Å². The Morgan fingerprint density at radius 3 is 2.37 bits per heavy atom. The van der Waals surface area contributed by atoms with E-state index in [2.05, 4.69) is 0 Å². The third-order valence-corrected chi connectivity index (χ3v) is 5.17. The van der Waals surface area contributed by atoms with Crippen molar-refractivity contribution in [2.75, 3.05) is 5.88 Å². The molecular weight excluding hydrogens is 383 g/mol. The van der Waals surface area contributed by atoms with E-state index in [-0.39, 0.29) is 11.5 Å². The molecule has 1 unspecified atom stereocenters. The Morgan fingerprint density at radius 1 is 0.963 bits per heavy atom. The van der Waals surface area contributed by atoms with Gasteiger partial charge in [0, 0.05) is 16.5 Å². The lowest BCUT2D eigenvalue weighted by atomic mass is 9.91. The van der Waals surface area contributed by atoms with Crippen molar-refractivity contribution in [1.82, 2.24) is 0 Å². The highest BCUT2D eigenvalue weighted by Crippen LogP contribution is 2.28. The second-order valence-electron chi connectivity index (χ2n) is 6.49. The Bertz CT molecular complexity index is 856. The molecule has 3 rings (SSSR count). The van der Waals surface area contributed by atoms with E-state index < -0.39 is 5.97 Å². The molecule has 0 amide bonds. The fourth-order valence-electron chi connectivity index (χ4n) is 3.27. The number of allylic oxidation sites excluding steroid dienone is 2. The quantitative estimate of drug-likeness (QED) is 0.241. The Hall–Kier alpha value is -2.10. The second kappa shape index (κ2) is 9.20. The van der Waals surface area contributed by atoms with Crippen molar-refractivity contribution in [3.63, 3.8) is 0 Å². The average Bonchev–Trinajstić information content (AvgIpc) is 2.68. The van der Waals surface area contributed by atoms with Gasteiger partial charge in [0.15, 0.2) is 5.76 Å². The van der Waals surface area contributed by atoms with Crippen LogP contribution in [-0.2, 0) is 4.74 Å². The molecule has 3 nitrogen and oxygen atoms in total. The fourth-order valence-corrected chi connectivity index (χ4v) is 3.66. The van der Waals surface area contributed by atoms with Gasteiger partial charge in [0.2, 0.25) is 5.78 Å². The van der Waals surface area contributed by atoms with E-state index in [0.29, 0.717) is 34.4 Å². The molecule has 1 atom stereocenters. The van der Waals surface area contributed by atoms with Gasteiger partial charge in [-0.3, -0.25) is 4.79 Å². The number of Topliss-reactive ketones (excluding diaryl/α,β-unsaturated/α-hetero) is 1. The zero-order valence-electron chi connectivity index (χ0n) is 14.8. The predicted octanol–water partition coefficient (Wildman–Crippen LogP) is 6.16. The van der Waals surface area contributed by atoms with E-state index in [1.165, 1.54) is 5.56 Å². The molecule has 2 aromatic rings. The highest BCUT2D eigenvalue weighted by molar-refractivity contribution is 6.30. The van der Waals surface area contributed by atoms with Crippen molar-refractivity contribution in [2.24, 2.45) is 0 Å². The predicted molar refractivity (Wildman–Crippen MR) is 108 cm³/mol. The smallest absolute Gasteiger partial charge is 0.344 e. The van der Waals surface area contributed by atoms with Crippen LogP contribution in [0.4, 0.5) is 0 Å². The summed E-state index contributed by atoms with van der Waals surface area (Å²) in [6.07, 6.45) is 5.04. The van der Waals surface area contributed by atoms with Crippen LogP contribution in [0.15, 0.2) is 60.4 Å². The van der Waals surface area contributed by atoms with Gasteiger partial charge >= 0.3 is 5.97 Å². The van der Waals surface area contributed by atoms with Gasteiger partial charge < -0.3 is 4.74 Å². The Kier molecular flexibility index (Phi) is 6.70. The molecule has 2 aromatic carbocycles. The SMILES string of the molecule is O=C1O/C(=C\CCCC(CCCl)c2ccc(Cl)cc2)C(=O)c2ccccc21. The third-order valence-electron chi connectivity index (χ3n) is 4.70. The first-order valence-electron chi connectivity index (χ1n) is 8.97. The van der Waals surface area contributed by atoms with Crippen LogP contribution in [0.5, 0.6) is 0 Å². The summed E-state index contributed by atoms with van der Waals surface area (Å²) in [6.45, 7) is 0. The lowest BCUT2D eigenvalue weighted by Gasteiger charge is -2.17. The topological polar surface area (TPSA) is 43.4 Å². The van der Waals surface area contributed by atoms with Gasteiger partial charge in [0.25, 0.3) is 0 Å². The van der Waals surface area contributed by atoms with Crippen molar-refractivity contribution < 1.29 is 14.3 Å². The number of alkyl halides is 1. The molecule has 1 heterocycles. The van der Waals surface area contributed by atoms with Gasteiger partial charge in [-0.25, -0.2) is 4.79 Å². The van der Waals surface area contributed by atoms with Gasteiger partial charge in [-0.05, 0) is 61.4 Å². The van der Waals surface area contributed by atoms with Crippen LogP contribution < -0.4 is 0 Å². The molecule has 0 aromatic heterocycles. The molecule has 0 saturated carbocycles. The summed E-state index contributed by atoms with van der Waals surface area (Å²) in [6, 6.07) is 14.6. The summed E-state index contributed by atoms with van der Waals surface area (Å²) >= 11 is 11.9. The number of hydrogen-bond donors (Lipinski definition) is 0. The molecule has 5 heteroatoms. The van der Waals surface area contributed by atoms with E-state index in [4.69, 9.17) is 27.9 Å². The standard InChI is InChI=1S/C22H20Cl2O3/c23-14-13-15(16-9-11-17(24)12-10-16)5-1-4-8-20-21(25)18-6-2-3-7-19(18)22(26)27-20/h2-3,6-12,15H,1,4-5,13-14H2/b20-8-. The summed E-state index contributed by atoms with van der Waals surface area (Å²) in [5.41, 5.74) is 1.94. The highest BCUT2D eigenvalue weighted by atomic mass is 35.5. The van der Waals surface area contributed by atoms with Gasteiger partial charge in [-0.15, -0.1) is 11.6 Å². The second-order valence-corrected chi connectivity index (χ2v) is 7.30. The van der Waals surface area contributed by atoms with Gasteiger partial charge in [-0.1, -0.05) is 41.9 Å². The molecule has 0 fully saturated rings. The monoisotopic (exact) mass is 402 g/mol. The van der Waals surface area contributed by atoms with Gasteiger partial charge in [0.05, 0.1) is 5.56 Å². The lowest BCUT2D eigenvalue weighted by Crippen LogP contribution is -2.22. The van der Waals surface area contributed by atoms with Crippen LogP contribution in [0.3, 0.4) is 0 Å². The largest absolute Gasteiger partial charge is 0.419 e. The minimum atomic E-state index is -0.474. The minimum Gasteiger partial charge on any atom is -0.419 e. The summed E-state index contributed by atoms with van der Waals surface area (Å²) in [5, 5.41) is 0.714. The molecule has 0 N–H and O–H groups in total. The maximum atomic E-state index is 12.5. The summed E-state index contributed by atoms with van der Waals surface area (Å²) in [7, 11) is 0. The number of hydrogen-bond acceptors (Lipinski definition) is 3. The maximum absolute atomic E-state index is 12.5. The summed E-state index contributed by atoms with van der Waals surface area (Å²) in [5.74, 6) is 0.335. The van der Waals surface area contributed by atoms with Crippen molar-refractivity contribution in [1.29, 1.82) is 0 Å². The van der Waals surface area contributed by atoms with Crippen molar-refractivity contribution >= 4 is 35.0 Å². The fraction of sp³-hybridized carbons (Fsp3) is 0.273. The Morgan fingerprint density at radius 2 is 1.67 bits per heavy atom. The molecule has 0 saturated heterocycles. The van der Waals surface area contributed by atoms with Crippen LogP contribution in [-0.4, -0.2) is 17.6 Å². The minimum absolute atomic E-state index is 0.124. The van der Waals surface area contributed by atoms with Crippen LogP contribution in [0, 0.1) is 0 Å². The summed E-state index contributed by atoms with van der Waals surface area (Å²) < 4.78 is 5.21. The molecule has 140 valence electrons. The number of esters is 1. The number of carbonyl (C=O) groups is 2. The summed E-state index contributed by atoms with van der Waals surface area (Å²) in [4.78, 5) is 24.5. The first kappa shape index (κ1) is 19.7. The molecule has 0 radical (unpaired) electrons. The molecule has 27 heavy (non-hydrogen) atoms. The maximum Gasteiger partial charge on any atom is 0.344 e. The molecule has 1 aliphatic heterocycles. The molecule has 0 spiro atoms. The van der Waals surface area contributed by atoms with E-state index in [9.17, 15) is 9.59 Å². The van der Waals surface area contributed by atoms with E-state index in [0.717, 1.165) is 19.3 Å². The molecular formula is C22H20Cl2O3. The number of carbonyl (C=O) groups excluding carboxylic acids is 2. The van der Waals surface area contributed by atoms with Crippen molar-refractivity contribution in [2.45, 2.75) is 31.6 Å². The number of cyclic esters (lactones) is 1. The number of fused-ring (bicyclic) bond motifs is 1. The Labute approximate surface area is 168 Å². The van der Waals surface area contributed by atoms with E-state index in [1.54, 1.807) is 30.3 Å². The van der Waals surface area contributed by atoms with Crippen LogP contribution >= 0.6 is 23.2 Å². The normalized spacial score (nSPS) is 16.1. The first-order chi connectivity index (χ1) is 13.1.